The molecule has 0 spiro atoms. The fourth-order valence-electron chi connectivity index (χ4n) is 7.26. The fourth-order valence-corrected chi connectivity index (χ4v) is 7.26. The molecule has 0 radical (unpaired) electrons. The first kappa shape index (κ1) is 34.3. The van der Waals surface area contributed by atoms with Crippen molar-refractivity contribution < 1.29 is 33.2 Å². The second-order valence-corrected chi connectivity index (χ2v) is 12.8. The van der Waals surface area contributed by atoms with Gasteiger partial charge in [0.1, 0.15) is 0 Å². The lowest BCUT2D eigenvalue weighted by Crippen LogP contribution is -2.33. The molecule has 260 valence electrons. The van der Waals surface area contributed by atoms with E-state index in [1.54, 1.807) is 42.7 Å². The van der Waals surface area contributed by atoms with Gasteiger partial charge >= 0.3 is 0 Å². The van der Waals surface area contributed by atoms with Crippen LogP contribution >= 0.6 is 0 Å². The van der Waals surface area contributed by atoms with E-state index in [9.17, 15) is 0 Å². The Morgan fingerprint density at radius 2 is 0.837 bits per heavy atom. The van der Waals surface area contributed by atoms with Crippen molar-refractivity contribution in [3.8, 4) is 46.0 Å². The molecule has 0 saturated heterocycles. The molecule has 49 heavy (non-hydrogen) atoms. The zero-order valence-electron chi connectivity index (χ0n) is 29.9. The lowest BCUT2D eigenvalue weighted by atomic mass is 9.88. The third-order valence-electron chi connectivity index (χ3n) is 10.1. The highest BCUT2D eigenvalue weighted by Crippen LogP contribution is 2.43. The van der Waals surface area contributed by atoms with Crippen molar-refractivity contribution in [2.45, 2.75) is 37.8 Å². The molecule has 2 aliphatic rings. The van der Waals surface area contributed by atoms with Gasteiger partial charge in [-0.25, -0.2) is 0 Å². The van der Waals surface area contributed by atoms with Crippen LogP contribution in [0.2, 0.25) is 0 Å². The Morgan fingerprint density at radius 3 is 1.20 bits per heavy atom. The molecule has 9 heteroatoms. The van der Waals surface area contributed by atoms with Crippen molar-refractivity contribution in [1.29, 1.82) is 0 Å². The Hall–Kier alpha value is -4.60. The molecule has 2 heterocycles. The number of rotatable bonds is 12. The Balaban J connectivity index is 1.29. The molecular formula is C40H48N2O7. The summed E-state index contributed by atoms with van der Waals surface area (Å²) in [5.74, 6) is 5.60. The number of likely N-dealkylation sites (N-methyl/N-ethyl adjacent to an activating group) is 2. The maximum absolute atomic E-state index is 6.66. The second kappa shape index (κ2) is 14.9. The maximum atomic E-state index is 6.66. The molecule has 0 fully saturated rings. The summed E-state index contributed by atoms with van der Waals surface area (Å²) in [6.07, 6.45) is 3.50. The molecule has 0 unspecified atom stereocenters. The number of fused-ring (bicyclic) bond motifs is 2. The minimum absolute atomic E-state index is 0.164. The normalized spacial score (nSPS) is 17.5. The van der Waals surface area contributed by atoms with Gasteiger partial charge in [0.15, 0.2) is 46.0 Å². The SMILES string of the molecule is COc1cc2c(cc1OC)[C@@H](Cc1ccc(OC)c(Oc3cc(C[C@@H]4c5cc(OC)c(OC)cc5CCN4C)ccc3OC)c1)N(C)CC2. The molecule has 4 aromatic carbocycles. The van der Waals surface area contributed by atoms with E-state index in [0.717, 1.165) is 72.9 Å². The van der Waals surface area contributed by atoms with Crippen LogP contribution < -0.4 is 33.2 Å². The van der Waals surface area contributed by atoms with Gasteiger partial charge in [0.2, 0.25) is 0 Å². The third-order valence-corrected chi connectivity index (χ3v) is 10.1. The molecule has 2 aliphatic heterocycles. The first-order chi connectivity index (χ1) is 23.8. The van der Waals surface area contributed by atoms with E-state index in [1.807, 2.05) is 12.1 Å². The third kappa shape index (κ3) is 6.96. The molecule has 0 N–H and O–H groups in total. The van der Waals surface area contributed by atoms with Crippen LogP contribution in [-0.2, 0) is 25.7 Å². The molecule has 0 amide bonds. The number of ether oxygens (including phenoxy) is 7. The Labute approximate surface area is 290 Å². The number of hydrogen-bond donors (Lipinski definition) is 0. The van der Waals surface area contributed by atoms with Crippen LogP contribution in [0, 0.1) is 0 Å². The summed E-state index contributed by atoms with van der Waals surface area (Å²) < 4.78 is 40.7. The number of nitrogens with zero attached hydrogens (tertiary/aromatic N) is 2. The van der Waals surface area contributed by atoms with Crippen LogP contribution in [-0.4, -0.2) is 79.6 Å². The average Bonchev–Trinajstić information content (AvgIpc) is 3.13. The predicted octanol–water partition coefficient (Wildman–Crippen LogP) is 7.07. The van der Waals surface area contributed by atoms with E-state index in [1.165, 1.54) is 22.3 Å². The monoisotopic (exact) mass is 668 g/mol. The summed E-state index contributed by atoms with van der Waals surface area (Å²) in [7, 11) is 14.4. The Bertz CT molecular complexity index is 1660. The molecule has 2 atom stereocenters. The van der Waals surface area contributed by atoms with Gasteiger partial charge in [-0.05, 0) is 122 Å². The quantitative estimate of drug-likeness (QED) is 0.158. The molecule has 0 aromatic heterocycles. The van der Waals surface area contributed by atoms with E-state index in [2.05, 4.69) is 72.4 Å². The first-order valence-corrected chi connectivity index (χ1v) is 16.7. The molecule has 0 bridgehead atoms. The summed E-state index contributed by atoms with van der Waals surface area (Å²) >= 11 is 0. The van der Waals surface area contributed by atoms with Crippen molar-refractivity contribution in [2.75, 3.05) is 69.8 Å². The minimum atomic E-state index is 0.164. The highest BCUT2D eigenvalue weighted by Gasteiger charge is 2.29. The molecule has 0 saturated carbocycles. The van der Waals surface area contributed by atoms with Crippen molar-refractivity contribution in [3.05, 3.63) is 94.0 Å². The van der Waals surface area contributed by atoms with Crippen LogP contribution in [0.3, 0.4) is 0 Å². The Kier molecular flexibility index (Phi) is 10.4. The maximum Gasteiger partial charge on any atom is 0.169 e. The van der Waals surface area contributed by atoms with Gasteiger partial charge in [0, 0.05) is 25.2 Å². The topological polar surface area (TPSA) is 71.1 Å². The summed E-state index contributed by atoms with van der Waals surface area (Å²) in [6.45, 7) is 1.91. The van der Waals surface area contributed by atoms with Gasteiger partial charge in [0.25, 0.3) is 0 Å². The smallest absolute Gasteiger partial charge is 0.169 e. The van der Waals surface area contributed by atoms with Gasteiger partial charge in [-0.1, -0.05) is 12.1 Å². The number of methoxy groups -OCH3 is 6. The van der Waals surface area contributed by atoms with Crippen LogP contribution in [0.15, 0.2) is 60.7 Å². The molecular weight excluding hydrogens is 620 g/mol. The van der Waals surface area contributed by atoms with Crippen LogP contribution in [0.4, 0.5) is 0 Å². The van der Waals surface area contributed by atoms with Gasteiger partial charge in [0.05, 0.1) is 42.7 Å². The van der Waals surface area contributed by atoms with Crippen molar-refractivity contribution in [3.63, 3.8) is 0 Å². The number of benzene rings is 4. The molecule has 9 nitrogen and oxygen atoms in total. The van der Waals surface area contributed by atoms with E-state index >= 15 is 0 Å². The van der Waals surface area contributed by atoms with Gasteiger partial charge in [-0.2, -0.15) is 0 Å². The minimum Gasteiger partial charge on any atom is -0.493 e. The molecule has 6 rings (SSSR count). The predicted molar refractivity (Wildman–Crippen MR) is 191 cm³/mol. The van der Waals surface area contributed by atoms with Crippen molar-refractivity contribution >= 4 is 0 Å². The Morgan fingerprint density at radius 1 is 0.469 bits per heavy atom. The zero-order chi connectivity index (χ0) is 34.7. The highest BCUT2D eigenvalue weighted by atomic mass is 16.5. The standard InChI is InChI=1S/C40H48N2O7/c1-41-15-13-27-21-35(45-5)37(47-7)23-29(27)31(41)17-25-9-11-33(43-3)39(19-25)49-40-20-26(10-12-34(40)44-4)18-32-30-24-38(48-8)36(46-6)22-28(30)14-16-42(32)2/h9-12,19-24,31-32H,13-18H2,1-8H3/t31-,32-/m1/s1. The van der Waals surface area contributed by atoms with Crippen LogP contribution in [0.25, 0.3) is 0 Å². The summed E-state index contributed by atoms with van der Waals surface area (Å²) in [5.41, 5.74) is 7.35. The lowest BCUT2D eigenvalue weighted by molar-refractivity contribution is 0.227. The van der Waals surface area contributed by atoms with Gasteiger partial charge in [-0.3, -0.25) is 9.80 Å². The zero-order valence-corrected chi connectivity index (χ0v) is 29.9. The van der Waals surface area contributed by atoms with Gasteiger partial charge < -0.3 is 33.2 Å². The van der Waals surface area contributed by atoms with Crippen LogP contribution in [0.5, 0.6) is 46.0 Å². The second-order valence-electron chi connectivity index (χ2n) is 12.8. The molecule has 0 aliphatic carbocycles. The lowest BCUT2D eigenvalue weighted by Gasteiger charge is -2.35. The largest absolute Gasteiger partial charge is 0.493 e. The van der Waals surface area contributed by atoms with E-state index in [4.69, 9.17) is 33.2 Å². The first-order valence-electron chi connectivity index (χ1n) is 16.7. The summed E-state index contributed by atoms with van der Waals surface area (Å²) in [5, 5.41) is 0. The molecule has 4 aromatic rings. The van der Waals surface area contributed by atoms with Gasteiger partial charge in [-0.15, -0.1) is 0 Å². The summed E-state index contributed by atoms with van der Waals surface area (Å²) in [4.78, 5) is 4.80. The van der Waals surface area contributed by atoms with Crippen molar-refractivity contribution in [1.82, 2.24) is 9.80 Å². The van der Waals surface area contributed by atoms with E-state index < -0.39 is 0 Å². The number of hydrogen-bond acceptors (Lipinski definition) is 9. The fraction of sp³-hybridized carbons (Fsp3) is 0.400. The van der Waals surface area contributed by atoms with E-state index in [0.29, 0.717) is 23.0 Å². The van der Waals surface area contributed by atoms with Crippen molar-refractivity contribution in [2.24, 2.45) is 0 Å². The van der Waals surface area contributed by atoms with E-state index in [-0.39, 0.29) is 12.1 Å². The summed E-state index contributed by atoms with van der Waals surface area (Å²) in [6, 6.07) is 21.2. The average molecular weight is 669 g/mol. The van der Waals surface area contributed by atoms with Crippen LogP contribution in [0.1, 0.15) is 45.5 Å². The highest BCUT2D eigenvalue weighted by molar-refractivity contribution is 5.53.